The molecule has 1 heterocycles. The van der Waals surface area contributed by atoms with Crippen LogP contribution in [0.4, 0.5) is 32.2 Å². The Morgan fingerprint density at radius 3 is 2.00 bits per heavy atom. The number of methoxy groups -OCH3 is 1. The Bertz CT molecular complexity index is 1260. The van der Waals surface area contributed by atoms with Crippen LogP contribution in [0.3, 0.4) is 0 Å². The normalized spacial score (nSPS) is 13.6. The lowest BCUT2D eigenvalue weighted by Gasteiger charge is -2.35. The highest BCUT2D eigenvalue weighted by Gasteiger charge is 2.64. The van der Waals surface area contributed by atoms with Crippen LogP contribution in [0, 0.1) is 0 Å². The van der Waals surface area contributed by atoms with Gasteiger partial charge in [0.2, 0.25) is 0 Å². The van der Waals surface area contributed by atoms with Gasteiger partial charge in [-0.1, -0.05) is 12.1 Å². The molecule has 36 heavy (non-hydrogen) atoms. The van der Waals surface area contributed by atoms with E-state index >= 15 is 0 Å². The molecule has 2 N–H and O–H groups in total. The molecule has 1 unspecified atom stereocenters. The molecule has 0 fully saturated rings. The third-order valence-electron chi connectivity index (χ3n) is 4.81. The highest BCUT2D eigenvalue weighted by Crippen LogP contribution is 2.38. The first-order valence-electron chi connectivity index (χ1n) is 10.1. The van der Waals surface area contributed by atoms with Gasteiger partial charge in [-0.05, 0) is 43.3 Å². The second kappa shape index (κ2) is 9.87. The molecular weight excluding hydrogens is 498 g/mol. The molecule has 1 aromatic heterocycles. The summed E-state index contributed by atoms with van der Waals surface area (Å²) in [5.74, 6) is -4.72. The summed E-state index contributed by atoms with van der Waals surface area (Å²) in [6.45, 7) is 0.605. The minimum atomic E-state index is -5.70. The average Bonchev–Trinajstić information content (AvgIpc) is 2.81. The Hall–Kier alpha value is -4.10. The van der Waals surface area contributed by atoms with Crippen molar-refractivity contribution in [1.29, 1.82) is 0 Å². The standard InChI is InChI=1S/C22H18F6N4O4/c1-3-36-19(34)20(22(26,27)28,32-18(33)12-8-10-13(35-2)11-9-12)31-17-16(21(23,24)25)29-14-6-4-5-7-15(14)30-17/h4-11H,3H2,1-2H3,(H,30,31)(H,32,33). The van der Waals surface area contributed by atoms with Gasteiger partial charge in [-0.15, -0.1) is 0 Å². The lowest BCUT2D eigenvalue weighted by Crippen LogP contribution is -2.69. The highest BCUT2D eigenvalue weighted by atomic mass is 19.4. The van der Waals surface area contributed by atoms with Crippen molar-refractivity contribution in [3.8, 4) is 5.75 Å². The Kier molecular flexibility index (Phi) is 7.27. The predicted molar refractivity (Wildman–Crippen MR) is 114 cm³/mol. The number of halogens is 6. The minimum absolute atomic E-state index is 0.200. The number of fused-ring (bicyclic) bond motifs is 1. The van der Waals surface area contributed by atoms with E-state index in [4.69, 9.17) is 4.74 Å². The highest BCUT2D eigenvalue weighted by molar-refractivity contribution is 5.99. The number of hydrogen-bond donors (Lipinski definition) is 2. The number of carbonyl (C=O) groups is 2. The SMILES string of the molecule is CCOC(=O)C(NC(=O)c1ccc(OC)cc1)(Nc1nc2ccccc2nc1C(F)(F)F)C(F)(F)F. The summed E-state index contributed by atoms with van der Waals surface area (Å²) in [6, 6.07) is 9.84. The smallest absolute Gasteiger partial charge is 0.441 e. The van der Waals surface area contributed by atoms with Crippen LogP contribution < -0.4 is 15.4 Å². The largest absolute Gasteiger partial charge is 0.497 e. The number of carbonyl (C=O) groups excluding carboxylic acids is 2. The summed E-state index contributed by atoms with van der Waals surface area (Å²) >= 11 is 0. The summed E-state index contributed by atoms with van der Waals surface area (Å²) in [6.07, 6.45) is -11.0. The zero-order chi connectivity index (χ0) is 26.7. The van der Waals surface area contributed by atoms with Crippen LogP contribution in [0.1, 0.15) is 23.0 Å². The van der Waals surface area contributed by atoms with Crippen molar-refractivity contribution in [2.45, 2.75) is 24.9 Å². The van der Waals surface area contributed by atoms with Gasteiger partial charge in [0, 0.05) is 5.56 Å². The number of para-hydroxylation sites is 2. The predicted octanol–water partition coefficient (Wildman–Crippen LogP) is 4.32. The van der Waals surface area contributed by atoms with Crippen molar-refractivity contribution in [3.63, 3.8) is 0 Å². The number of amides is 1. The van der Waals surface area contributed by atoms with Crippen molar-refractivity contribution in [2.75, 3.05) is 19.0 Å². The van der Waals surface area contributed by atoms with E-state index in [2.05, 4.69) is 14.7 Å². The molecule has 0 bridgehead atoms. The molecule has 0 aliphatic heterocycles. The number of aromatic nitrogens is 2. The van der Waals surface area contributed by atoms with E-state index < -0.39 is 48.0 Å². The summed E-state index contributed by atoms with van der Waals surface area (Å²) < 4.78 is 94.0. The van der Waals surface area contributed by atoms with E-state index in [-0.39, 0.29) is 22.3 Å². The van der Waals surface area contributed by atoms with E-state index in [0.717, 1.165) is 12.1 Å². The molecule has 0 aliphatic carbocycles. The van der Waals surface area contributed by atoms with E-state index in [1.807, 2.05) is 0 Å². The summed E-state index contributed by atoms with van der Waals surface area (Å²) in [4.78, 5) is 32.4. The van der Waals surface area contributed by atoms with E-state index in [0.29, 0.717) is 0 Å². The number of benzene rings is 2. The first-order valence-corrected chi connectivity index (χ1v) is 10.1. The first-order chi connectivity index (χ1) is 16.8. The van der Waals surface area contributed by atoms with Crippen LogP contribution in [-0.4, -0.2) is 47.4 Å². The fourth-order valence-corrected chi connectivity index (χ4v) is 3.08. The summed E-state index contributed by atoms with van der Waals surface area (Å²) in [5, 5.41) is 2.92. The molecule has 14 heteroatoms. The lowest BCUT2D eigenvalue weighted by molar-refractivity contribution is -0.205. The van der Waals surface area contributed by atoms with Gasteiger partial charge in [-0.3, -0.25) is 4.79 Å². The molecular formula is C22H18F6N4O4. The summed E-state index contributed by atoms with van der Waals surface area (Å²) in [5.41, 5.74) is -6.80. The Morgan fingerprint density at radius 1 is 0.917 bits per heavy atom. The number of nitrogens with one attached hydrogen (secondary N) is 2. The van der Waals surface area contributed by atoms with Crippen LogP contribution in [0.15, 0.2) is 48.5 Å². The van der Waals surface area contributed by atoms with Crippen LogP contribution in [0.5, 0.6) is 5.75 Å². The molecule has 192 valence electrons. The third kappa shape index (κ3) is 5.26. The van der Waals surface area contributed by atoms with Gasteiger partial charge in [0.25, 0.3) is 5.91 Å². The van der Waals surface area contributed by atoms with Gasteiger partial charge in [0.15, 0.2) is 11.5 Å². The number of anilines is 1. The Morgan fingerprint density at radius 2 is 1.50 bits per heavy atom. The molecule has 0 radical (unpaired) electrons. The molecule has 2 aromatic carbocycles. The van der Waals surface area contributed by atoms with Crippen LogP contribution in [-0.2, 0) is 15.7 Å². The lowest BCUT2D eigenvalue weighted by atomic mass is 10.1. The zero-order valence-corrected chi connectivity index (χ0v) is 18.6. The maximum atomic E-state index is 14.4. The quantitative estimate of drug-likeness (QED) is 0.274. The van der Waals surface area contributed by atoms with E-state index in [1.165, 1.54) is 61.1 Å². The van der Waals surface area contributed by atoms with Gasteiger partial charge in [-0.2, -0.15) is 26.3 Å². The van der Waals surface area contributed by atoms with Crippen LogP contribution in [0.2, 0.25) is 0 Å². The minimum Gasteiger partial charge on any atom is -0.497 e. The first kappa shape index (κ1) is 26.5. The number of rotatable bonds is 7. The van der Waals surface area contributed by atoms with Gasteiger partial charge >= 0.3 is 24.0 Å². The van der Waals surface area contributed by atoms with Crippen molar-refractivity contribution in [1.82, 2.24) is 15.3 Å². The number of hydrogen-bond acceptors (Lipinski definition) is 7. The molecule has 0 spiro atoms. The fourth-order valence-electron chi connectivity index (χ4n) is 3.08. The third-order valence-corrected chi connectivity index (χ3v) is 4.81. The molecule has 8 nitrogen and oxygen atoms in total. The van der Waals surface area contributed by atoms with Gasteiger partial charge in [0.05, 0.1) is 24.8 Å². The number of alkyl halides is 6. The average molecular weight is 516 g/mol. The monoisotopic (exact) mass is 516 g/mol. The second-order valence-corrected chi connectivity index (χ2v) is 7.18. The number of nitrogens with zero attached hydrogens (tertiary/aromatic N) is 2. The van der Waals surface area contributed by atoms with Crippen LogP contribution in [0.25, 0.3) is 11.0 Å². The molecule has 3 aromatic rings. The van der Waals surface area contributed by atoms with Crippen molar-refractivity contribution in [3.05, 3.63) is 59.8 Å². The molecule has 0 saturated heterocycles. The Balaban J connectivity index is 2.19. The van der Waals surface area contributed by atoms with E-state index in [1.54, 1.807) is 0 Å². The van der Waals surface area contributed by atoms with Gasteiger partial charge < -0.3 is 20.1 Å². The maximum absolute atomic E-state index is 14.4. The molecule has 0 aliphatic rings. The van der Waals surface area contributed by atoms with Crippen LogP contribution >= 0.6 is 0 Å². The maximum Gasteiger partial charge on any atom is 0.441 e. The van der Waals surface area contributed by atoms with Crippen molar-refractivity contribution >= 4 is 28.7 Å². The topological polar surface area (TPSA) is 102 Å². The molecule has 1 atom stereocenters. The second-order valence-electron chi connectivity index (χ2n) is 7.18. The molecule has 1 amide bonds. The van der Waals surface area contributed by atoms with Gasteiger partial charge in [0.1, 0.15) is 5.75 Å². The van der Waals surface area contributed by atoms with Crippen molar-refractivity contribution in [2.24, 2.45) is 0 Å². The Labute approximate surface area is 199 Å². The van der Waals surface area contributed by atoms with E-state index in [9.17, 15) is 35.9 Å². The molecule has 0 saturated carbocycles. The fraction of sp³-hybridized carbons (Fsp3) is 0.273. The molecule has 3 rings (SSSR count). The van der Waals surface area contributed by atoms with Crippen molar-refractivity contribution < 1.29 is 45.4 Å². The number of esters is 1. The zero-order valence-electron chi connectivity index (χ0n) is 18.6. The summed E-state index contributed by atoms with van der Waals surface area (Å²) in [7, 11) is 1.32. The number of ether oxygens (including phenoxy) is 2. The van der Waals surface area contributed by atoms with Gasteiger partial charge in [-0.25, -0.2) is 14.8 Å².